The first-order valence-corrected chi connectivity index (χ1v) is 6.49. The highest BCUT2D eigenvalue weighted by Gasteiger charge is 2.48. The van der Waals surface area contributed by atoms with Crippen LogP contribution in [0.1, 0.15) is 31.1 Å². The molecule has 2 aliphatic rings. The van der Waals surface area contributed by atoms with Crippen molar-refractivity contribution in [2.75, 3.05) is 7.05 Å². The van der Waals surface area contributed by atoms with E-state index in [1.54, 1.807) is 6.26 Å². The fraction of sp³-hybridized carbons (Fsp3) is 0.667. The summed E-state index contributed by atoms with van der Waals surface area (Å²) in [4.78, 5) is 0. The van der Waals surface area contributed by atoms with Crippen molar-refractivity contribution in [3.05, 3.63) is 22.6 Å². The summed E-state index contributed by atoms with van der Waals surface area (Å²) in [6.45, 7) is 0. The van der Waals surface area contributed by atoms with Gasteiger partial charge in [-0.15, -0.1) is 0 Å². The second kappa shape index (κ2) is 3.63. The highest BCUT2D eigenvalue weighted by molar-refractivity contribution is 9.10. The molecule has 2 fully saturated rings. The van der Waals surface area contributed by atoms with Crippen molar-refractivity contribution in [3.63, 3.8) is 0 Å². The van der Waals surface area contributed by atoms with Crippen molar-refractivity contribution in [1.82, 2.24) is 5.32 Å². The molecule has 0 spiro atoms. The first kappa shape index (κ1) is 9.91. The first-order valence-electron chi connectivity index (χ1n) is 5.69. The number of hydrogen-bond donors (Lipinski definition) is 1. The minimum absolute atomic E-state index is 0.391. The molecule has 0 bridgehead atoms. The second-order valence-electron chi connectivity index (χ2n) is 4.89. The van der Waals surface area contributed by atoms with Crippen molar-refractivity contribution in [1.29, 1.82) is 0 Å². The molecule has 1 N–H and O–H groups in total. The predicted molar refractivity (Wildman–Crippen MR) is 62.5 cm³/mol. The monoisotopic (exact) mass is 269 g/mol. The molecule has 2 saturated carbocycles. The van der Waals surface area contributed by atoms with Crippen LogP contribution in [-0.2, 0) is 0 Å². The van der Waals surface area contributed by atoms with E-state index < -0.39 is 0 Å². The zero-order valence-corrected chi connectivity index (χ0v) is 10.5. The highest BCUT2D eigenvalue weighted by Crippen LogP contribution is 2.57. The van der Waals surface area contributed by atoms with Gasteiger partial charge in [0.15, 0.2) is 0 Å². The Morgan fingerprint density at radius 2 is 2.13 bits per heavy atom. The number of nitrogens with one attached hydrogen (secondary N) is 1. The van der Waals surface area contributed by atoms with E-state index in [9.17, 15) is 0 Å². The topological polar surface area (TPSA) is 25.2 Å². The minimum atomic E-state index is 0.391. The Labute approximate surface area is 98.6 Å². The molecule has 3 atom stereocenters. The Morgan fingerprint density at radius 3 is 2.67 bits per heavy atom. The standard InChI is InChI=1S/C12H16BrNO/c1-14-11(12-10(13)2-3-15-12)9-5-7-4-8(7)6-9/h2-3,7-9,11,14H,4-6H2,1H3. The Bertz CT molecular complexity index is 352. The van der Waals surface area contributed by atoms with Gasteiger partial charge in [0.1, 0.15) is 5.76 Å². The Hall–Kier alpha value is -0.280. The molecule has 15 heavy (non-hydrogen) atoms. The zero-order valence-electron chi connectivity index (χ0n) is 8.87. The van der Waals surface area contributed by atoms with E-state index in [1.165, 1.54) is 19.3 Å². The molecule has 0 amide bonds. The van der Waals surface area contributed by atoms with Crippen LogP contribution in [0.3, 0.4) is 0 Å². The fourth-order valence-corrected chi connectivity index (χ4v) is 3.59. The van der Waals surface area contributed by atoms with Gasteiger partial charge in [0.2, 0.25) is 0 Å². The molecule has 0 saturated heterocycles. The van der Waals surface area contributed by atoms with Crippen LogP contribution in [0.2, 0.25) is 0 Å². The molecule has 3 unspecified atom stereocenters. The van der Waals surface area contributed by atoms with Gasteiger partial charge in [-0.1, -0.05) is 0 Å². The lowest BCUT2D eigenvalue weighted by molar-refractivity contribution is 0.308. The Morgan fingerprint density at radius 1 is 1.40 bits per heavy atom. The third-order valence-corrected chi connectivity index (χ3v) is 4.64. The van der Waals surface area contributed by atoms with Crippen LogP contribution < -0.4 is 5.32 Å². The maximum Gasteiger partial charge on any atom is 0.135 e. The van der Waals surface area contributed by atoms with Crippen LogP contribution >= 0.6 is 15.9 Å². The number of fused-ring (bicyclic) bond motifs is 1. The average molecular weight is 270 g/mol. The van der Waals surface area contributed by atoms with Crippen LogP contribution in [0.25, 0.3) is 0 Å². The average Bonchev–Trinajstić information content (AvgIpc) is 2.65. The number of rotatable bonds is 3. The van der Waals surface area contributed by atoms with E-state index in [4.69, 9.17) is 4.42 Å². The normalized spacial score (nSPS) is 35.2. The maximum atomic E-state index is 5.57. The van der Waals surface area contributed by atoms with Gasteiger partial charge in [-0.3, -0.25) is 0 Å². The molecular weight excluding hydrogens is 254 g/mol. The summed E-state index contributed by atoms with van der Waals surface area (Å²) in [5, 5.41) is 3.40. The first-order chi connectivity index (χ1) is 7.29. The second-order valence-corrected chi connectivity index (χ2v) is 5.74. The van der Waals surface area contributed by atoms with Crippen molar-refractivity contribution >= 4 is 15.9 Å². The van der Waals surface area contributed by atoms with Gasteiger partial charge in [-0.05, 0) is 66.1 Å². The highest BCUT2D eigenvalue weighted by atomic mass is 79.9. The smallest absolute Gasteiger partial charge is 0.135 e. The number of hydrogen-bond acceptors (Lipinski definition) is 2. The minimum Gasteiger partial charge on any atom is -0.466 e. The van der Waals surface area contributed by atoms with Crippen molar-refractivity contribution < 1.29 is 4.42 Å². The number of halogens is 1. The molecule has 1 aromatic rings. The van der Waals surface area contributed by atoms with E-state index in [1.807, 2.05) is 13.1 Å². The van der Waals surface area contributed by atoms with Gasteiger partial charge in [0, 0.05) is 0 Å². The zero-order chi connectivity index (χ0) is 10.4. The summed E-state index contributed by atoms with van der Waals surface area (Å²) in [7, 11) is 2.03. The summed E-state index contributed by atoms with van der Waals surface area (Å²) >= 11 is 3.55. The molecule has 2 nitrogen and oxygen atoms in total. The third kappa shape index (κ3) is 1.66. The van der Waals surface area contributed by atoms with Gasteiger partial charge < -0.3 is 9.73 Å². The molecule has 3 rings (SSSR count). The summed E-state index contributed by atoms with van der Waals surface area (Å²) < 4.78 is 6.67. The molecule has 1 heterocycles. The predicted octanol–water partition coefficient (Wildman–Crippen LogP) is 3.35. The van der Waals surface area contributed by atoms with Crippen molar-refractivity contribution in [2.24, 2.45) is 17.8 Å². The van der Waals surface area contributed by atoms with E-state index in [0.29, 0.717) is 6.04 Å². The lowest BCUT2D eigenvalue weighted by Gasteiger charge is -2.22. The van der Waals surface area contributed by atoms with Crippen molar-refractivity contribution in [2.45, 2.75) is 25.3 Å². The van der Waals surface area contributed by atoms with Gasteiger partial charge in [-0.25, -0.2) is 0 Å². The summed E-state index contributed by atoms with van der Waals surface area (Å²) in [6, 6.07) is 2.37. The molecule has 0 aromatic carbocycles. The molecule has 82 valence electrons. The summed E-state index contributed by atoms with van der Waals surface area (Å²) in [6.07, 6.45) is 6.00. The molecule has 0 aliphatic heterocycles. The molecule has 2 aliphatic carbocycles. The number of furan rings is 1. The van der Waals surface area contributed by atoms with E-state index in [0.717, 1.165) is 28.0 Å². The van der Waals surface area contributed by atoms with Crippen LogP contribution in [0, 0.1) is 17.8 Å². The van der Waals surface area contributed by atoms with Gasteiger partial charge >= 0.3 is 0 Å². The van der Waals surface area contributed by atoms with Crippen LogP contribution in [0.5, 0.6) is 0 Å². The van der Waals surface area contributed by atoms with Crippen LogP contribution in [-0.4, -0.2) is 7.05 Å². The summed E-state index contributed by atoms with van der Waals surface area (Å²) in [5.74, 6) is 3.89. The van der Waals surface area contributed by atoms with Gasteiger partial charge in [0.05, 0.1) is 16.8 Å². The van der Waals surface area contributed by atoms with Crippen LogP contribution in [0.4, 0.5) is 0 Å². The summed E-state index contributed by atoms with van der Waals surface area (Å²) in [5.41, 5.74) is 0. The molecule has 1 aromatic heterocycles. The Balaban J connectivity index is 1.79. The van der Waals surface area contributed by atoms with Crippen LogP contribution in [0.15, 0.2) is 21.2 Å². The van der Waals surface area contributed by atoms with E-state index in [-0.39, 0.29) is 0 Å². The molecule has 3 heteroatoms. The third-order valence-electron chi connectivity index (χ3n) is 3.99. The molecule has 0 radical (unpaired) electrons. The van der Waals surface area contributed by atoms with Gasteiger partial charge in [-0.2, -0.15) is 0 Å². The molecular formula is C12H16BrNO. The Kier molecular flexibility index (Phi) is 2.40. The quantitative estimate of drug-likeness (QED) is 0.911. The SMILES string of the molecule is CNC(c1occc1Br)C1CC2CC2C1. The lowest BCUT2D eigenvalue weighted by Crippen LogP contribution is -2.24. The maximum absolute atomic E-state index is 5.57. The largest absolute Gasteiger partial charge is 0.466 e. The van der Waals surface area contributed by atoms with E-state index >= 15 is 0 Å². The van der Waals surface area contributed by atoms with Gasteiger partial charge in [0.25, 0.3) is 0 Å². The van der Waals surface area contributed by atoms with Crippen molar-refractivity contribution in [3.8, 4) is 0 Å². The fourth-order valence-electron chi connectivity index (χ4n) is 3.14. The van der Waals surface area contributed by atoms with E-state index in [2.05, 4.69) is 21.2 Å². The lowest BCUT2D eigenvalue weighted by atomic mass is 9.93.